The van der Waals surface area contributed by atoms with Crippen molar-refractivity contribution >= 4 is 17.4 Å². The molecule has 0 spiro atoms. The monoisotopic (exact) mass is 383 g/mol. The number of hydrogen-bond donors (Lipinski definition) is 3. The molecule has 28 heavy (non-hydrogen) atoms. The number of piperazine rings is 1. The fourth-order valence-electron chi connectivity index (χ4n) is 3.71. The molecule has 0 bridgehead atoms. The van der Waals surface area contributed by atoms with Crippen molar-refractivity contribution < 1.29 is 14.4 Å². The van der Waals surface area contributed by atoms with Gasteiger partial charge in [-0.25, -0.2) is 4.79 Å². The molecule has 1 fully saturated rings. The highest BCUT2D eigenvalue weighted by molar-refractivity contribution is 5.89. The van der Waals surface area contributed by atoms with Crippen molar-refractivity contribution in [2.45, 2.75) is 13.8 Å². The summed E-state index contributed by atoms with van der Waals surface area (Å²) in [6, 6.07) is 13.9. The van der Waals surface area contributed by atoms with Crippen molar-refractivity contribution in [3.8, 4) is 5.75 Å². The molecule has 1 saturated heterocycles. The number of amides is 2. The molecule has 1 heterocycles. The van der Waals surface area contributed by atoms with Crippen molar-refractivity contribution in [1.82, 2.24) is 5.32 Å². The van der Waals surface area contributed by atoms with Crippen LogP contribution in [0.25, 0.3) is 0 Å². The van der Waals surface area contributed by atoms with E-state index in [2.05, 4.69) is 34.6 Å². The summed E-state index contributed by atoms with van der Waals surface area (Å²) in [6.07, 6.45) is 0. The highest BCUT2D eigenvalue weighted by Gasteiger charge is 2.21. The van der Waals surface area contributed by atoms with Crippen molar-refractivity contribution in [2.75, 3.05) is 56.6 Å². The summed E-state index contributed by atoms with van der Waals surface area (Å²) in [5.41, 5.74) is 4.37. The number of quaternary nitrogens is 1. The van der Waals surface area contributed by atoms with Crippen LogP contribution in [0.15, 0.2) is 42.5 Å². The van der Waals surface area contributed by atoms with E-state index in [9.17, 15) is 4.79 Å². The lowest BCUT2D eigenvalue weighted by Crippen LogP contribution is -3.15. The van der Waals surface area contributed by atoms with Gasteiger partial charge >= 0.3 is 6.03 Å². The molecule has 2 aromatic carbocycles. The van der Waals surface area contributed by atoms with Gasteiger partial charge in [0.15, 0.2) is 0 Å². The number of anilines is 2. The number of carbonyl (C=O) groups excluding carboxylic acids is 1. The van der Waals surface area contributed by atoms with Crippen LogP contribution in [-0.4, -0.2) is 52.4 Å². The summed E-state index contributed by atoms with van der Waals surface area (Å²) < 4.78 is 5.45. The molecule has 0 aliphatic carbocycles. The number of methoxy groups -OCH3 is 1. The molecule has 1 aliphatic rings. The lowest BCUT2D eigenvalue weighted by molar-refractivity contribution is -0.899. The summed E-state index contributed by atoms with van der Waals surface area (Å²) in [4.78, 5) is 16.0. The second-order valence-electron chi connectivity index (χ2n) is 7.29. The first-order valence-corrected chi connectivity index (χ1v) is 9.91. The van der Waals surface area contributed by atoms with Gasteiger partial charge in [-0.1, -0.05) is 24.3 Å². The van der Waals surface area contributed by atoms with Crippen LogP contribution in [0, 0.1) is 13.8 Å². The van der Waals surface area contributed by atoms with Gasteiger partial charge in [-0.05, 0) is 37.6 Å². The average molecular weight is 384 g/mol. The van der Waals surface area contributed by atoms with E-state index < -0.39 is 0 Å². The molecule has 0 aromatic heterocycles. The number of nitrogens with one attached hydrogen (secondary N) is 3. The van der Waals surface area contributed by atoms with Crippen LogP contribution in [0.1, 0.15) is 11.1 Å². The maximum Gasteiger partial charge on any atom is 0.319 e. The van der Waals surface area contributed by atoms with Gasteiger partial charge in [0.1, 0.15) is 5.75 Å². The molecule has 3 rings (SSSR count). The Bertz CT molecular complexity index is 801. The van der Waals surface area contributed by atoms with E-state index in [0.29, 0.717) is 6.54 Å². The van der Waals surface area contributed by atoms with E-state index in [1.807, 2.05) is 37.3 Å². The quantitative estimate of drug-likeness (QED) is 0.713. The van der Waals surface area contributed by atoms with Crippen molar-refractivity contribution in [3.05, 3.63) is 53.6 Å². The normalized spacial score (nSPS) is 14.6. The van der Waals surface area contributed by atoms with Gasteiger partial charge in [-0.2, -0.15) is 0 Å². The van der Waals surface area contributed by atoms with Crippen LogP contribution in [0.4, 0.5) is 16.2 Å². The fourth-order valence-corrected chi connectivity index (χ4v) is 3.71. The Morgan fingerprint density at radius 3 is 2.57 bits per heavy atom. The summed E-state index contributed by atoms with van der Waals surface area (Å²) in [5.74, 6) is 0.941. The van der Waals surface area contributed by atoms with E-state index in [1.165, 1.54) is 16.2 Å². The van der Waals surface area contributed by atoms with E-state index >= 15 is 0 Å². The summed E-state index contributed by atoms with van der Waals surface area (Å²) in [7, 11) is 1.72. The zero-order valence-corrected chi connectivity index (χ0v) is 17.0. The van der Waals surface area contributed by atoms with Crippen LogP contribution in [-0.2, 0) is 0 Å². The van der Waals surface area contributed by atoms with E-state index in [0.717, 1.165) is 49.7 Å². The van der Waals surface area contributed by atoms with Gasteiger partial charge in [-0.3, -0.25) is 0 Å². The van der Waals surface area contributed by atoms with E-state index in [-0.39, 0.29) is 6.03 Å². The number of ether oxygens (including phenoxy) is 1. The molecule has 150 valence electrons. The molecule has 6 heteroatoms. The van der Waals surface area contributed by atoms with Crippen LogP contribution in [0.2, 0.25) is 0 Å². The molecule has 0 atom stereocenters. The number of para-hydroxylation sites is 1. The van der Waals surface area contributed by atoms with Crippen molar-refractivity contribution in [1.29, 1.82) is 0 Å². The van der Waals surface area contributed by atoms with Gasteiger partial charge in [0, 0.05) is 16.9 Å². The minimum atomic E-state index is -0.139. The topological polar surface area (TPSA) is 58.0 Å². The third kappa shape index (κ3) is 4.95. The first-order chi connectivity index (χ1) is 13.6. The van der Waals surface area contributed by atoms with Gasteiger partial charge in [0.2, 0.25) is 0 Å². The standard InChI is InChI=1S/C22H30N4O2/c1-17-7-4-5-8-19(17)24-22(27)23-11-12-25-13-15-26(16-14-25)20-9-6-10-21(28-3)18(20)2/h4-10H,11-16H2,1-3H3,(H2,23,24,27)/p+1. The molecule has 0 radical (unpaired) electrons. The predicted molar refractivity (Wildman–Crippen MR) is 114 cm³/mol. The Balaban J connectivity index is 1.41. The first kappa shape index (κ1) is 20.0. The third-order valence-electron chi connectivity index (χ3n) is 5.44. The maximum atomic E-state index is 12.1. The van der Waals surface area contributed by atoms with Crippen LogP contribution in [0.5, 0.6) is 5.75 Å². The SMILES string of the molecule is COc1cccc(N2CC[NH+](CCNC(=O)Nc3ccccc3C)CC2)c1C. The zero-order valence-electron chi connectivity index (χ0n) is 17.0. The third-order valence-corrected chi connectivity index (χ3v) is 5.44. The molecule has 0 saturated carbocycles. The van der Waals surface area contributed by atoms with Gasteiger partial charge in [0.05, 0.1) is 46.4 Å². The minimum absolute atomic E-state index is 0.139. The van der Waals surface area contributed by atoms with Gasteiger partial charge < -0.3 is 25.2 Å². The van der Waals surface area contributed by atoms with E-state index in [1.54, 1.807) is 7.11 Å². The first-order valence-electron chi connectivity index (χ1n) is 9.91. The van der Waals surface area contributed by atoms with E-state index in [4.69, 9.17) is 4.74 Å². The number of benzene rings is 2. The smallest absolute Gasteiger partial charge is 0.319 e. The highest BCUT2D eigenvalue weighted by Crippen LogP contribution is 2.28. The fraction of sp³-hybridized carbons (Fsp3) is 0.409. The largest absolute Gasteiger partial charge is 0.496 e. The Hall–Kier alpha value is -2.73. The Morgan fingerprint density at radius 2 is 1.86 bits per heavy atom. The molecule has 2 aromatic rings. The number of hydrogen-bond acceptors (Lipinski definition) is 3. The number of aryl methyl sites for hydroxylation is 1. The summed E-state index contributed by atoms with van der Waals surface area (Å²) in [5, 5.41) is 5.89. The number of urea groups is 1. The highest BCUT2D eigenvalue weighted by atomic mass is 16.5. The molecule has 2 amide bonds. The molecule has 3 N–H and O–H groups in total. The molecular weight excluding hydrogens is 352 g/mol. The molecular formula is C22H31N4O2+. The summed E-state index contributed by atoms with van der Waals surface area (Å²) in [6.45, 7) is 9.87. The lowest BCUT2D eigenvalue weighted by Gasteiger charge is -2.34. The number of carbonyl (C=O) groups is 1. The Kier molecular flexibility index (Phi) is 6.76. The van der Waals surface area contributed by atoms with Crippen molar-refractivity contribution in [2.24, 2.45) is 0 Å². The molecule has 1 aliphatic heterocycles. The zero-order chi connectivity index (χ0) is 19.9. The minimum Gasteiger partial charge on any atom is -0.496 e. The average Bonchev–Trinajstić information content (AvgIpc) is 2.71. The van der Waals surface area contributed by atoms with Gasteiger partial charge in [0.25, 0.3) is 0 Å². The van der Waals surface area contributed by atoms with Crippen LogP contribution >= 0.6 is 0 Å². The van der Waals surface area contributed by atoms with Gasteiger partial charge in [-0.15, -0.1) is 0 Å². The predicted octanol–water partition coefficient (Wildman–Crippen LogP) is 1.84. The summed E-state index contributed by atoms with van der Waals surface area (Å²) >= 11 is 0. The Labute approximate surface area is 167 Å². The number of nitrogens with zero attached hydrogens (tertiary/aromatic N) is 1. The maximum absolute atomic E-state index is 12.1. The van der Waals surface area contributed by atoms with Crippen LogP contribution in [0.3, 0.4) is 0 Å². The van der Waals surface area contributed by atoms with Crippen molar-refractivity contribution in [3.63, 3.8) is 0 Å². The number of rotatable bonds is 6. The lowest BCUT2D eigenvalue weighted by atomic mass is 10.1. The second kappa shape index (κ2) is 9.46. The van der Waals surface area contributed by atoms with Crippen LogP contribution < -0.4 is 25.2 Å². The molecule has 6 nitrogen and oxygen atoms in total. The second-order valence-corrected chi connectivity index (χ2v) is 7.29. The Morgan fingerprint density at radius 1 is 1.11 bits per heavy atom. The molecule has 0 unspecified atom stereocenters.